The van der Waals surface area contributed by atoms with Crippen LogP contribution in [0.5, 0.6) is 0 Å². The van der Waals surface area contributed by atoms with E-state index in [0.29, 0.717) is 10.6 Å². The van der Waals surface area contributed by atoms with Crippen LogP contribution in [0.2, 0.25) is 5.02 Å². The van der Waals surface area contributed by atoms with Gasteiger partial charge in [0.05, 0.1) is 18.8 Å². The molecule has 1 aliphatic heterocycles. The fourth-order valence-electron chi connectivity index (χ4n) is 4.13. The number of primary amides is 1. The number of morpholine rings is 1. The van der Waals surface area contributed by atoms with Crippen molar-refractivity contribution < 1.29 is 9.53 Å². The molecular weight excluding hydrogens is 374 g/mol. The van der Waals surface area contributed by atoms with Crippen LogP contribution < -0.4 is 5.73 Å². The van der Waals surface area contributed by atoms with Gasteiger partial charge in [-0.25, -0.2) is 0 Å². The molecule has 0 unspecified atom stereocenters. The van der Waals surface area contributed by atoms with Gasteiger partial charge in [-0.2, -0.15) is 0 Å². The van der Waals surface area contributed by atoms with Crippen molar-refractivity contribution >= 4 is 17.5 Å². The summed E-state index contributed by atoms with van der Waals surface area (Å²) in [6.45, 7) is 9.64. The molecule has 0 bridgehead atoms. The molecule has 2 N–H and O–H groups in total. The number of carbonyl (C=O) groups is 1. The highest BCUT2D eigenvalue weighted by Gasteiger charge is 2.25. The summed E-state index contributed by atoms with van der Waals surface area (Å²) in [7, 11) is 0. The Morgan fingerprint density at radius 3 is 2.57 bits per heavy atom. The molecule has 6 heteroatoms. The van der Waals surface area contributed by atoms with Gasteiger partial charge in [0, 0.05) is 53.7 Å². The van der Waals surface area contributed by atoms with E-state index in [-0.39, 0.29) is 0 Å². The number of benzene rings is 1. The summed E-state index contributed by atoms with van der Waals surface area (Å²) in [6, 6.07) is 7.69. The summed E-state index contributed by atoms with van der Waals surface area (Å²) in [4.78, 5) is 14.8. The quantitative estimate of drug-likeness (QED) is 0.727. The maximum atomic E-state index is 12.4. The lowest BCUT2D eigenvalue weighted by molar-refractivity contribution is 0.0369. The highest BCUT2D eigenvalue weighted by molar-refractivity contribution is 6.33. The lowest BCUT2D eigenvalue weighted by Crippen LogP contribution is -2.37. The second-order valence-corrected chi connectivity index (χ2v) is 7.74. The molecule has 0 aliphatic carbocycles. The van der Waals surface area contributed by atoms with Crippen molar-refractivity contribution in [2.24, 2.45) is 5.73 Å². The van der Waals surface area contributed by atoms with Gasteiger partial charge in [0.25, 0.3) is 5.91 Å². The summed E-state index contributed by atoms with van der Waals surface area (Å²) < 4.78 is 7.71. The molecule has 1 fully saturated rings. The number of carbonyl (C=O) groups excluding carboxylic acids is 1. The van der Waals surface area contributed by atoms with Gasteiger partial charge >= 0.3 is 0 Å². The molecule has 1 aromatic heterocycles. The topological polar surface area (TPSA) is 60.5 Å². The van der Waals surface area contributed by atoms with Crippen LogP contribution in [0, 0.1) is 6.92 Å². The van der Waals surface area contributed by atoms with Crippen LogP contribution in [-0.2, 0) is 17.7 Å². The number of halogens is 1. The Kier molecular flexibility index (Phi) is 7.16. The molecule has 0 saturated carbocycles. The largest absolute Gasteiger partial charge is 0.379 e. The molecule has 1 aliphatic rings. The molecule has 1 amide bonds. The van der Waals surface area contributed by atoms with Crippen molar-refractivity contribution in [3.8, 4) is 11.1 Å². The number of hydrogen-bond acceptors (Lipinski definition) is 3. The van der Waals surface area contributed by atoms with E-state index in [1.165, 1.54) is 0 Å². The number of aromatic nitrogens is 1. The summed E-state index contributed by atoms with van der Waals surface area (Å²) in [5, 5.41) is 0.646. The van der Waals surface area contributed by atoms with Crippen LogP contribution in [0.25, 0.3) is 11.1 Å². The Labute approximate surface area is 172 Å². The molecular formula is C22H30ClN3O2. The van der Waals surface area contributed by atoms with Gasteiger partial charge in [-0.3, -0.25) is 9.69 Å². The summed E-state index contributed by atoms with van der Waals surface area (Å²) in [5.74, 6) is -0.392. The van der Waals surface area contributed by atoms with E-state index in [0.717, 1.165) is 81.2 Å². The summed E-state index contributed by atoms with van der Waals surface area (Å²) in [6.07, 6.45) is 2.89. The molecule has 0 radical (unpaired) electrons. The summed E-state index contributed by atoms with van der Waals surface area (Å²) >= 11 is 6.50. The minimum atomic E-state index is -0.392. The third-order valence-electron chi connectivity index (χ3n) is 5.47. The summed E-state index contributed by atoms with van der Waals surface area (Å²) in [5.41, 5.74) is 10.3. The molecule has 3 rings (SSSR count). The lowest BCUT2D eigenvalue weighted by atomic mass is 9.98. The van der Waals surface area contributed by atoms with Crippen LogP contribution in [0.3, 0.4) is 0 Å². The molecule has 152 valence electrons. The van der Waals surface area contributed by atoms with Gasteiger partial charge in [0.2, 0.25) is 0 Å². The minimum Gasteiger partial charge on any atom is -0.379 e. The average Bonchev–Trinajstić information content (AvgIpc) is 2.95. The molecule has 0 atom stereocenters. The normalized spacial score (nSPS) is 15.1. The zero-order chi connectivity index (χ0) is 20.1. The highest BCUT2D eigenvalue weighted by atomic mass is 35.5. The number of rotatable bonds is 8. The number of nitrogens with two attached hydrogens (primary N) is 1. The van der Waals surface area contributed by atoms with Gasteiger partial charge in [-0.05, 0) is 25.8 Å². The predicted molar refractivity (Wildman–Crippen MR) is 114 cm³/mol. The van der Waals surface area contributed by atoms with Crippen molar-refractivity contribution in [2.45, 2.75) is 39.7 Å². The van der Waals surface area contributed by atoms with Gasteiger partial charge < -0.3 is 15.0 Å². The van der Waals surface area contributed by atoms with Crippen molar-refractivity contribution in [3.05, 3.63) is 46.2 Å². The second-order valence-electron chi connectivity index (χ2n) is 7.34. The van der Waals surface area contributed by atoms with Crippen molar-refractivity contribution in [1.82, 2.24) is 9.47 Å². The van der Waals surface area contributed by atoms with E-state index in [9.17, 15) is 4.79 Å². The Morgan fingerprint density at radius 2 is 1.93 bits per heavy atom. The first kappa shape index (κ1) is 20.9. The molecule has 1 saturated heterocycles. The predicted octanol–water partition coefficient (Wildman–Crippen LogP) is 3.89. The fraction of sp³-hybridized carbons (Fsp3) is 0.500. The first-order valence-corrected chi connectivity index (χ1v) is 10.5. The van der Waals surface area contributed by atoms with E-state index in [1.54, 1.807) is 0 Å². The highest BCUT2D eigenvalue weighted by Crippen LogP contribution is 2.37. The van der Waals surface area contributed by atoms with E-state index >= 15 is 0 Å². The van der Waals surface area contributed by atoms with Crippen molar-refractivity contribution in [2.75, 3.05) is 32.8 Å². The van der Waals surface area contributed by atoms with Crippen LogP contribution in [0.4, 0.5) is 0 Å². The van der Waals surface area contributed by atoms with Crippen LogP contribution in [-0.4, -0.2) is 48.2 Å². The van der Waals surface area contributed by atoms with Gasteiger partial charge in [0.15, 0.2) is 0 Å². The van der Waals surface area contributed by atoms with E-state index in [2.05, 4.69) is 16.4 Å². The molecule has 2 aromatic rings. The zero-order valence-corrected chi connectivity index (χ0v) is 17.6. The number of amides is 1. The third-order valence-corrected chi connectivity index (χ3v) is 5.80. The molecule has 28 heavy (non-hydrogen) atoms. The standard InChI is InChI=1S/C22H30ClN3O2/c1-3-7-19-21(17-8-4-5-9-18(17)23)20(22(24)27)16(2)26(19)11-6-10-25-12-14-28-15-13-25/h4-5,8-9H,3,6-7,10-15H2,1-2H3,(H2,24,27). The van der Waals surface area contributed by atoms with Crippen LogP contribution >= 0.6 is 11.6 Å². The van der Waals surface area contributed by atoms with Crippen LogP contribution in [0.1, 0.15) is 41.5 Å². The number of hydrogen-bond donors (Lipinski definition) is 1. The van der Waals surface area contributed by atoms with Crippen LogP contribution in [0.15, 0.2) is 24.3 Å². The zero-order valence-electron chi connectivity index (χ0n) is 16.8. The molecule has 5 nitrogen and oxygen atoms in total. The van der Waals surface area contributed by atoms with Crippen molar-refractivity contribution in [3.63, 3.8) is 0 Å². The van der Waals surface area contributed by atoms with E-state index in [1.807, 2.05) is 31.2 Å². The van der Waals surface area contributed by atoms with E-state index in [4.69, 9.17) is 22.1 Å². The van der Waals surface area contributed by atoms with E-state index < -0.39 is 5.91 Å². The second kappa shape index (κ2) is 9.59. The smallest absolute Gasteiger partial charge is 0.251 e. The third kappa shape index (κ3) is 4.43. The SMILES string of the molecule is CCCc1c(-c2ccccc2Cl)c(C(N)=O)c(C)n1CCCN1CCOCC1. The molecule has 2 heterocycles. The molecule has 0 spiro atoms. The average molecular weight is 404 g/mol. The Morgan fingerprint density at radius 1 is 1.21 bits per heavy atom. The fourth-order valence-corrected chi connectivity index (χ4v) is 4.36. The maximum absolute atomic E-state index is 12.4. The Balaban J connectivity index is 1.96. The lowest BCUT2D eigenvalue weighted by Gasteiger charge is -2.26. The first-order chi connectivity index (χ1) is 13.5. The minimum absolute atomic E-state index is 0.392. The monoisotopic (exact) mass is 403 g/mol. The van der Waals surface area contributed by atoms with Gasteiger partial charge in [-0.1, -0.05) is 43.1 Å². The number of nitrogens with zero attached hydrogens (tertiary/aromatic N) is 2. The van der Waals surface area contributed by atoms with Gasteiger partial charge in [-0.15, -0.1) is 0 Å². The van der Waals surface area contributed by atoms with Crippen molar-refractivity contribution in [1.29, 1.82) is 0 Å². The number of ether oxygens (including phenoxy) is 1. The Bertz CT molecular complexity index is 825. The Hall–Kier alpha value is -1.82. The molecule has 1 aromatic carbocycles. The first-order valence-electron chi connectivity index (χ1n) is 10.1. The maximum Gasteiger partial charge on any atom is 0.251 e. The van der Waals surface area contributed by atoms with Gasteiger partial charge in [0.1, 0.15) is 0 Å².